The zero-order valence-electron chi connectivity index (χ0n) is 18.0. The number of nitrogens with one attached hydrogen (secondary N) is 2. The summed E-state index contributed by atoms with van der Waals surface area (Å²) in [5, 5.41) is 6.29. The van der Waals surface area contributed by atoms with Crippen molar-refractivity contribution in [3.8, 4) is 5.75 Å². The molecule has 3 aromatic carbocycles. The smallest absolute Gasteiger partial charge is 0.338 e. The molecule has 0 unspecified atom stereocenters. The molecule has 0 aromatic heterocycles. The lowest BCUT2D eigenvalue weighted by atomic mass is 9.99. The number of carbonyl (C=O) groups is 2. The molecular formula is C26H24N2O4. The zero-order chi connectivity index (χ0) is 22.5. The highest BCUT2D eigenvalue weighted by Gasteiger charge is 2.29. The number of carbonyl (C=O) groups excluding carboxylic acids is 2. The van der Waals surface area contributed by atoms with Crippen LogP contribution in [-0.4, -0.2) is 25.1 Å². The van der Waals surface area contributed by atoms with Crippen LogP contribution in [0.15, 0.2) is 72.8 Å². The van der Waals surface area contributed by atoms with Gasteiger partial charge in [-0.25, -0.2) is 4.79 Å². The molecule has 1 aliphatic heterocycles. The molecule has 1 amide bonds. The maximum absolute atomic E-state index is 13.0. The minimum absolute atomic E-state index is 0.238. The van der Waals surface area contributed by atoms with E-state index < -0.39 is 5.97 Å². The zero-order valence-corrected chi connectivity index (χ0v) is 18.0. The van der Waals surface area contributed by atoms with E-state index in [-0.39, 0.29) is 12.5 Å². The Morgan fingerprint density at radius 3 is 2.34 bits per heavy atom. The highest BCUT2D eigenvalue weighted by Crippen LogP contribution is 2.38. The van der Waals surface area contributed by atoms with Crippen molar-refractivity contribution in [3.05, 3.63) is 89.5 Å². The molecule has 6 nitrogen and oxygen atoms in total. The minimum atomic E-state index is -0.419. The summed E-state index contributed by atoms with van der Waals surface area (Å²) < 4.78 is 10.6. The summed E-state index contributed by atoms with van der Waals surface area (Å²) in [4.78, 5) is 25.1. The first kappa shape index (κ1) is 21.2. The average molecular weight is 428 g/mol. The first-order valence-corrected chi connectivity index (χ1v) is 10.5. The molecule has 6 heteroatoms. The Balaban J connectivity index is 1.78. The van der Waals surface area contributed by atoms with Crippen LogP contribution in [-0.2, 0) is 9.53 Å². The number of fused-ring (bicyclic) bond motifs is 1. The van der Waals surface area contributed by atoms with Gasteiger partial charge in [0.25, 0.3) is 5.91 Å². The molecule has 0 atom stereocenters. The summed E-state index contributed by atoms with van der Waals surface area (Å²) >= 11 is 0. The van der Waals surface area contributed by atoms with Crippen molar-refractivity contribution >= 4 is 34.5 Å². The molecule has 4 rings (SSSR count). The number of hydrogen-bond donors (Lipinski definition) is 2. The first-order chi connectivity index (χ1) is 15.6. The van der Waals surface area contributed by atoms with Crippen molar-refractivity contribution in [3.63, 3.8) is 0 Å². The van der Waals surface area contributed by atoms with Gasteiger partial charge in [0.2, 0.25) is 0 Å². The highest BCUT2D eigenvalue weighted by atomic mass is 16.5. The lowest BCUT2D eigenvalue weighted by molar-refractivity contribution is -0.110. The Morgan fingerprint density at radius 2 is 1.66 bits per heavy atom. The third-order valence-electron chi connectivity index (χ3n) is 5.02. The van der Waals surface area contributed by atoms with Crippen molar-refractivity contribution in [2.75, 3.05) is 23.8 Å². The molecular weight excluding hydrogens is 404 g/mol. The van der Waals surface area contributed by atoms with E-state index in [0.29, 0.717) is 29.1 Å². The van der Waals surface area contributed by atoms with E-state index in [9.17, 15) is 9.59 Å². The van der Waals surface area contributed by atoms with Crippen molar-refractivity contribution in [2.24, 2.45) is 0 Å². The van der Waals surface area contributed by atoms with Crippen molar-refractivity contribution < 1.29 is 19.1 Å². The molecule has 1 aliphatic rings. The quantitative estimate of drug-likeness (QED) is 0.400. The minimum Gasteiger partial charge on any atom is -0.494 e. The normalized spacial score (nSPS) is 13.8. The Morgan fingerprint density at radius 1 is 0.906 bits per heavy atom. The van der Waals surface area contributed by atoms with Crippen LogP contribution in [0.25, 0.3) is 11.3 Å². The van der Waals surface area contributed by atoms with Crippen LogP contribution in [0.3, 0.4) is 0 Å². The monoisotopic (exact) mass is 428 g/mol. The van der Waals surface area contributed by atoms with E-state index in [1.165, 1.54) is 0 Å². The van der Waals surface area contributed by atoms with Crippen molar-refractivity contribution in [1.29, 1.82) is 0 Å². The SMILES string of the molecule is CCOC(=O)c1ccc2c(c1)NC(=O)C2=C(Nc1ccc(OCC)cc1)c1ccccc1. The largest absolute Gasteiger partial charge is 0.494 e. The van der Waals surface area contributed by atoms with E-state index in [4.69, 9.17) is 9.47 Å². The van der Waals surface area contributed by atoms with Gasteiger partial charge in [-0.1, -0.05) is 36.4 Å². The van der Waals surface area contributed by atoms with Gasteiger partial charge in [-0.3, -0.25) is 4.79 Å². The van der Waals surface area contributed by atoms with E-state index in [1.54, 1.807) is 25.1 Å². The van der Waals surface area contributed by atoms with E-state index in [0.717, 1.165) is 22.6 Å². The van der Waals surface area contributed by atoms with Crippen molar-refractivity contribution in [2.45, 2.75) is 13.8 Å². The topological polar surface area (TPSA) is 76.7 Å². The average Bonchev–Trinajstić information content (AvgIpc) is 3.14. The fraction of sp³-hybridized carbons (Fsp3) is 0.154. The summed E-state index contributed by atoms with van der Waals surface area (Å²) in [5.74, 6) is 0.124. The van der Waals surface area contributed by atoms with Crippen LogP contribution in [0.1, 0.15) is 35.3 Å². The Labute approximate surface area is 186 Å². The van der Waals surface area contributed by atoms with Crippen LogP contribution < -0.4 is 15.4 Å². The fourth-order valence-electron chi connectivity index (χ4n) is 3.59. The van der Waals surface area contributed by atoms with Gasteiger partial charge >= 0.3 is 5.97 Å². The second-order valence-electron chi connectivity index (χ2n) is 7.13. The third-order valence-corrected chi connectivity index (χ3v) is 5.02. The number of benzene rings is 3. The number of esters is 1. The lowest BCUT2D eigenvalue weighted by Crippen LogP contribution is -2.10. The van der Waals surface area contributed by atoms with Crippen LogP contribution in [0.4, 0.5) is 11.4 Å². The molecule has 0 bridgehead atoms. The van der Waals surface area contributed by atoms with Crippen molar-refractivity contribution in [1.82, 2.24) is 0 Å². The van der Waals surface area contributed by atoms with Gasteiger partial charge in [0.05, 0.1) is 35.7 Å². The molecule has 0 saturated heterocycles. The summed E-state index contributed by atoms with van der Waals surface area (Å²) in [7, 11) is 0. The molecule has 0 radical (unpaired) electrons. The molecule has 2 N–H and O–H groups in total. The lowest BCUT2D eigenvalue weighted by Gasteiger charge is -2.15. The highest BCUT2D eigenvalue weighted by molar-refractivity contribution is 6.37. The van der Waals surface area contributed by atoms with Gasteiger partial charge in [-0.15, -0.1) is 0 Å². The molecule has 0 saturated carbocycles. The van der Waals surface area contributed by atoms with Gasteiger partial charge in [-0.05, 0) is 55.8 Å². The standard InChI is InChI=1S/C26H24N2O4/c1-3-31-20-13-11-19(12-14-20)27-24(17-8-6-5-7-9-17)23-21-15-10-18(26(30)32-4-2)16-22(21)28-25(23)29/h5-16,27H,3-4H2,1-2H3,(H,28,29). The summed E-state index contributed by atoms with van der Waals surface area (Å²) in [5.41, 5.74) is 4.58. The molecule has 1 heterocycles. The van der Waals surface area contributed by atoms with E-state index in [1.807, 2.05) is 61.5 Å². The summed E-state index contributed by atoms with van der Waals surface area (Å²) in [6, 6.07) is 22.4. The maximum Gasteiger partial charge on any atom is 0.338 e. The molecule has 3 aromatic rings. The number of rotatable bonds is 7. The van der Waals surface area contributed by atoms with Gasteiger partial charge in [-0.2, -0.15) is 0 Å². The molecule has 162 valence electrons. The predicted octanol–water partition coefficient (Wildman–Crippen LogP) is 5.19. The van der Waals surface area contributed by atoms with Crippen LogP contribution in [0, 0.1) is 0 Å². The van der Waals surface area contributed by atoms with Crippen LogP contribution in [0.5, 0.6) is 5.75 Å². The number of anilines is 2. The van der Waals surface area contributed by atoms with Gasteiger partial charge in [0, 0.05) is 11.3 Å². The number of amides is 1. The Kier molecular flexibility index (Phi) is 6.22. The second kappa shape index (κ2) is 9.39. The fourth-order valence-corrected chi connectivity index (χ4v) is 3.59. The molecule has 0 aliphatic carbocycles. The summed E-state index contributed by atoms with van der Waals surface area (Å²) in [6.07, 6.45) is 0. The van der Waals surface area contributed by atoms with E-state index in [2.05, 4.69) is 10.6 Å². The predicted molar refractivity (Wildman–Crippen MR) is 126 cm³/mol. The Bertz CT molecular complexity index is 1170. The number of ether oxygens (including phenoxy) is 2. The van der Waals surface area contributed by atoms with Gasteiger partial charge < -0.3 is 20.1 Å². The van der Waals surface area contributed by atoms with Gasteiger partial charge in [0.1, 0.15) is 5.75 Å². The Hall–Kier alpha value is -4.06. The maximum atomic E-state index is 13.0. The third kappa shape index (κ3) is 4.34. The van der Waals surface area contributed by atoms with E-state index >= 15 is 0 Å². The number of hydrogen-bond acceptors (Lipinski definition) is 5. The van der Waals surface area contributed by atoms with Gasteiger partial charge in [0.15, 0.2) is 0 Å². The second-order valence-corrected chi connectivity index (χ2v) is 7.13. The molecule has 0 spiro atoms. The van der Waals surface area contributed by atoms with Crippen LogP contribution in [0.2, 0.25) is 0 Å². The summed E-state index contributed by atoms with van der Waals surface area (Å²) in [6.45, 7) is 4.58. The first-order valence-electron chi connectivity index (χ1n) is 10.5. The molecule has 0 fully saturated rings. The molecule has 32 heavy (non-hydrogen) atoms. The van der Waals surface area contributed by atoms with Crippen LogP contribution >= 0.6 is 0 Å².